The fraction of sp³-hybridized carbons (Fsp3) is 0.333. The number of H-pyrrole nitrogens is 1. The van der Waals surface area contributed by atoms with Gasteiger partial charge in [0.2, 0.25) is 0 Å². The zero-order chi connectivity index (χ0) is 9.84. The number of hydrogen-bond donors (Lipinski definition) is 1. The van der Waals surface area contributed by atoms with Gasteiger partial charge in [0, 0.05) is 18.0 Å². The van der Waals surface area contributed by atoms with E-state index in [4.69, 9.17) is 7.85 Å². The molecule has 2 heterocycles. The van der Waals surface area contributed by atoms with Gasteiger partial charge in [0.15, 0.2) is 5.65 Å². The van der Waals surface area contributed by atoms with Gasteiger partial charge < -0.3 is 4.98 Å². The highest BCUT2D eigenvalue weighted by atomic mass is 14.9. The van der Waals surface area contributed by atoms with E-state index >= 15 is 0 Å². The van der Waals surface area contributed by atoms with E-state index in [9.17, 15) is 0 Å². The maximum absolute atomic E-state index is 5.46. The molecule has 1 N–H and O–H groups in total. The van der Waals surface area contributed by atoms with Crippen molar-refractivity contribution < 1.29 is 0 Å². The van der Waals surface area contributed by atoms with Gasteiger partial charge in [-0.15, -0.1) is 0 Å². The van der Waals surface area contributed by atoms with Crippen molar-refractivity contribution in [2.45, 2.75) is 20.8 Å². The third-order valence-electron chi connectivity index (χ3n) is 1.59. The lowest BCUT2D eigenvalue weighted by Gasteiger charge is -1.91. The highest BCUT2D eigenvalue weighted by Crippen LogP contribution is 2.09. The number of nitrogens with one attached hydrogen (secondary N) is 1. The molecule has 2 aromatic rings. The molecule has 0 amide bonds. The quantitative estimate of drug-likeness (QED) is 0.605. The highest BCUT2D eigenvalue weighted by Gasteiger charge is 2.00. The Kier molecular flexibility index (Phi) is 3.06. The number of rotatable bonds is 0. The topological polar surface area (TPSA) is 41.6 Å². The van der Waals surface area contributed by atoms with Gasteiger partial charge in [-0.2, -0.15) is 0 Å². The molecule has 0 saturated carbocycles. The van der Waals surface area contributed by atoms with E-state index in [1.54, 1.807) is 0 Å². The maximum Gasteiger partial charge on any atom is 0.156 e. The van der Waals surface area contributed by atoms with Crippen LogP contribution in [0.25, 0.3) is 11.2 Å². The first-order valence-electron chi connectivity index (χ1n) is 4.33. The van der Waals surface area contributed by atoms with Crippen molar-refractivity contribution in [2.24, 2.45) is 0 Å². The monoisotopic (exact) mass is 173 g/mol. The molecule has 0 aliphatic carbocycles. The molecule has 0 bridgehead atoms. The third-order valence-corrected chi connectivity index (χ3v) is 1.59. The predicted octanol–water partition coefficient (Wildman–Crippen LogP) is 1.09. The summed E-state index contributed by atoms with van der Waals surface area (Å²) >= 11 is 0. The molecule has 0 aliphatic rings. The van der Waals surface area contributed by atoms with Crippen molar-refractivity contribution in [3.63, 3.8) is 0 Å². The average Bonchev–Trinajstić information content (AvgIpc) is 2.52. The Hall–Kier alpha value is -1.32. The molecular formula is C9H12BN3. The largest absolute Gasteiger partial charge is 0.345 e. The molecule has 13 heavy (non-hydrogen) atoms. The van der Waals surface area contributed by atoms with Crippen LogP contribution in [-0.4, -0.2) is 22.8 Å². The minimum atomic E-state index is 0.459. The summed E-state index contributed by atoms with van der Waals surface area (Å²) in [7, 11) is 5.46. The second kappa shape index (κ2) is 4.07. The average molecular weight is 173 g/mol. The van der Waals surface area contributed by atoms with E-state index < -0.39 is 0 Å². The highest BCUT2D eigenvalue weighted by molar-refractivity contribution is 6.30. The van der Waals surface area contributed by atoms with Gasteiger partial charge >= 0.3 is 0 Å². The first-order chi connectivity index (χ1) is 6.27. The predicted molar refractivity (Wildman–Crippen MR) is 55.4 cm³/mol. The van der Waals surface area contributed by atoms with Gasteiger partial charge in [0.05, 0.1) is 0 Å². The first-order valence-corrected chi connectivity index (χ1v) is 4.33. The summed E-state index contributed by atoms with van der Waals surface area (Å²) in [5.74, 6) is 0. The minimum absolute atomic E-state index is 0.459. The summed E-state index contributed by atoms with van der Waals surface area (Å²) in [6.45, 7) is 5.97. The standard InChI is InChI=1S/C7H6BN3.C2H6/c1-4-2-9-7-6(4)11-5(8)3-10-7;1-2/h2-3H,1H3,(H,9,10);1-2H3. The summed E-state index contributed by atoms with van der Waals surface area (Å²) < 4.78 is 0. The Labute approximate surface area is 79.0 Å². The van der Waals surface area contributed by atoms with Crippen LogP contribution < -0.4 is 5.59 Å². The number of aryl methyl sites for hydroxylation is 1. The van der Waals surface area contributed by atoms with Crippen LogP contribution in [0.3, 0.4) is 0 Å². The molecule has 4 heteroatoms. The Morgan fingerprint density at radius 3 is 2.77 bits per heavy atom. The lowest BCUT2D eigenvalue weighted by atomic mass is 10.1. The Morgan fingerprint density at radius 1 is 1.38 bits per heavy atom. The lowest BCUT2D eigenvalue weighted by molar-refractivity contribution is 1.29. The van der Waals surface area contributed by atoms with Crippen molar-refractivity contribution in [2.75, 3.05) is 0 Å². The summed E-state index contributed by atoms with van der Waals surface area (Å²) in [5, 5.41) is 0. The second-order valence-corrected chi connectivity index (χ2v) is 2.46. The number of hydrogen-bond acceptors (Lipinski definition) is 2. The van der Waals surface area contributed by atoms with Crippen LogP contribution in [-0.2, 0) is 0 Å². The number of nitrogens with zero attached hydrogens (tertiary/aromatic N) is 2. The van der Waals surface area contributed by atoms with E-state index in [1.165, 1.54) is 6.20 Å². The van der Waals surface area contributed by atoms with E-state index in [1.807, 2.05) is 27.0 Å². The smallest absolute Gasteiger partial charge is 0.156 e. The number of fused-ring (bicyclic) bond motifs is 1. The molecule has 2 radical (unpaired) electrons. The Balaban J connectivity index is 0.000000396. The molecular weight excluding hydrogens is 161 g/mol. The molecule has 0 aliphatic heterocycles. The van der Waals surface area contributed by atoms with E-state index in [0.29, 0.717) is 5.59 Å². The molecule has 0 fully saturated rings. The van der Waals surface area contributed by atoms with Crippen LogP contribution in [0.1, 0.15) is 19.4 Å². The molecule has 2 aromatic heterocycles. The molecule has 0 aromatic carbocycles. The summed E-state index contributed by atoms with van der Waals surface area (Å²) in [5.41, 5.74) is 3.17. The fourth-order valence-electron chi connectivity index (χ4n) is 1.03. The summed E-state index contributed by atoms with van der Waals surface area (Å²) in [4.78, 5) is 11.2. The van der Waals surface area contributed by atoms with E-state index in [2.05, 4.69) is 15.0 Å². The fourth-order valence-corrected chi connectivity index (χ4v) is 1.03. The molecule has 3 nitrogen and oxygen atoms in total. The van der Waals surface area contributed by atoms with E-state index in [-0.39, 0.29) is 0 Å². The van der Waals surface area contributed by atoms with Gasteiger partial charge in [-0.25, -0.2) is 4.98 Å². The van der Waals surface area contributed by atoms with Gasteiger partial charge in [0.25, 0.3) is 0 Å². The van der Waals surface area contributed by atoms with Crippen molar-refractivity contribution in [3.8, 4) is 0 Å². The van der Waals surface area contributed by atoms with Crippen LogP contribution in [0, 0.1) is 6.92 Å². The Morgan fingerprint density at radius 2 is 2.08 bits per heavy atom. The Bertz CT molecular complexity index is 395. The molecule has 0 spiro atoms. The van der Waals surface area contributed by atoms with Crippen molar-refractivity contribution in [1.29, 1.82) is 0 Å². The van der Waals surface area contributed by atoms with Crippen LogP contribution >= 0.6 is 0 Å². The normalized spacial score (nSPS) is 9.46. The molecule has 0 unspecified atom stereocenters. The van der Waals surface area contributed by atoms with Crippen molar-refractivity contribution in [3.05, 3.63) is 18.0 Å². The van der Waals surface area contributed by atoms with Gasteiger partial charge in [-0.3, -0.25) is 4.98 Å². The van der Waals surface area contributed by atoms with E-state index in [0.717, 1.165) is 16.7 Å². The SMILES string of the molecule is CC.[B]c1cnc2[nH]cc(C)c2n1. The van der Waals surface area contributed by atoms with Crippen LogP contribution in [0.2, 0.25) is 0 Å². The third kappa shape index (κ3) is 1.88. The van der Waals surface area contributed by atoms with Crippen LogP contribution in [0.15, 0.2) is 12.4 Å². The van der Waals surface area contributed by atoms with Gasteiger partial charge in [0.1, 0.15) is 13.4 Å². The number of aromatic nitrogens is 3. The lowest BCUT2D eigenvalue weighted by Crippen LogP contribution is -2.08. The molecule has 66 valence electrons. The molecule has 0 saturated heterocycles. The van der Waals surface area contributed by atoms with Gasteiger partial charge in [-0.05, 0) is 12.5 Å². The summed E-state index contributed by atoms with van der Waals surface area (Å²) in [6, 6.07) is 0. The van der Waals surface area contributed by atoms with Gasteiger partial charge in [-0.1, -0.05) is 13.8 Å². The number of aromatic amines is 1. The molecule has 0 atom stereocenters. The maximum atomic E-state index is 5.46. The van der Waals surface area contributed by atoms with Crippen LogP contribution in [0.4, 0.5) is 0 Å². The second-order valence-electron chi connectivity index (χ2n) is 2.46. The molecule has 2 rings (SSSR count). The zero-order valence-corrected chi connectivity index (χ0v) is 8.13. The zero-order valence-electron chi connectivity index (χ0n) is 8.13. The first kappa shape index (κ1) is 9.77. The minimum Gasteiger partial charge on any atom is -0.345 e. The summed E-state index contributed by atoms with van der Waals surface area (Å²) in [6.07, 6.45) is 3.41. The van der Waals surface area contributed by atoms with Crippen molar-refractivity contribution >= 4 is 24.6 Å². The van der Waals surface area contributed by atoms with Crippen molar-refractivity contribution in [1.82, 2.24) is 15.0 Å². The van der Waals surface area contributed by atoms with Crippen LogP contribution in [0.5, 0.6) is 0 Å².